The van der Waals surface area contributed by atoms with Crippen LogP contribution in [0.15, 0.2) is 61.1 Å². The topological polar surface area (TPSA) is 56.7 Å². The zero-order chi connectivity index (χ0) is 13.8. The minimum Gasteiger partial charge on any atom is -0.399 e. The molecule has 2 aromatic heterocycles. The van der Waals surface area contributed by atoms with Gasteiger partial charge in [-0.3, -0.25) is 4.98 Å². The maximum absolute atomic E-state index is 5.72. The van der Waals surface area contributed by atoms with Crippen LogP contribution in [-0.2, 0) is 13.0 Å². The maximum atomic E-state index is 5.72. The van der Waals surface area contributed by atoms with Crippen molar-refractivity contribution < 1.29 is 0 Å². The number of hydrogen-bond donors (Lipinski definition) is 1. The molecule has 0 bridgehead atoms. The Labute approximate surface area is 117 Å². The van der Waals surface area contributed by atoms with E-state index in [1.807, 2.05) is 61.1 Å². The molecule has 0 aliphatic heterocycles. The second-order valence-electron chi connectivity index (χ2n) is 4.64. The van der Waals surface area contributed by atoms with Gasteiger partial charge in [0.05, 0.1) is 0 Å². The largest absolute Gasteiger partial charge is 0.399 e. The van der Waals surface area contributed by atoms with Gasteiger partial charge in [-0.05, 0) is 36.4 Å². The van der Waals surface area contributed by atoms with E-state index < -0.39 is 0 Å². The van der Waals surface area contributed by atoms with Gasteiger partial charge < -0.3 is 10.3 Å². The van der Waals surface area contributed by atoms with Crippen LogP contribution in [0.1, 0.15) is 5.69 Å². The Morgan fingerprint density at radius 2 is 1.80 bits per heavy atom. The molecule has 0 radical (unpaired) electrons. The predicted octanol–water partition coefficient (Wildman–Crippen LogP) is 2.77. The lowest BCUT2D eigenvalue weighted by Gasteiger charge is -2.08. The molecule has 0 atom stereocenters. The molecule has 0 unspecified atom stereocenters. The standard InChI is InChI=1S/C16H16N4/c17-14-6-4-13(5-7-14)16-19-10-12-20(16)11-8-15-3-1-2-9-18-15/h1-7,9-10,12H,8,11,17H2. The Morgan fingerprint density at radius 1 is 0.950 bits per heavy atom. The highest BCUT2D eigenvalue weighted by Gasteiger charge is 2.06. The molecular formula is C16H16N4. The van der Waals surface area contributed by atoms with Gasteiger partial charge in [0.15, 0.2) is 0 Å². The van der Waals surface area contributed by atoms with Gasteiger partial charge in [-0.1, -0.05) is 6.07 Å². The molecule has 2 heterocycles. The second kappa shape index (κ2) is 5.57. The van der Waals surface area contributed by atoms with E-state index in [-0.39, 0.29) is 0 Å². The van der Waals surface area contributed by atoms with Crippen molar-refractivity contribution in [1.29, 1.82) is 0 Å². The third-order valence-electron chi connectivity index (χ3n) is 3.22. The van der Waals surface area contributed by atoms with Gasteiger partial charge in [0.2, 0.25) is 0 Å². The lowest BCUT2D eigenvalue weighted by molar-refractivity contribution is 0.692. The summed E-state index contributed by atoms with van der Waals surface area (Å²) in [5, 5.41) is 0. The van der Waals surface area contributed by atoms with E-state index in [2.05, 4.69) is 14.5 Å². The molecule has 4 nitrogen and oxygen atoms in total. The van der Waals surface area contributed by atoms with Gasteiger partial charge in [-0.25, -0.2) is 4.98 Å². The first-order valence-corrected chi connectivity index (χ1v) is 6.60. The number of nitrogens with two attached hydrogens (primary N) is 1. The summed E-state index contributed by atoms with van der Waals surface area (Å²) in [7, 11) is 0. The summed E-state index contributed by atoms with van der Waals surface area (Å²) >= 11 is 0. The predicted molar refractivity (Wildman–Crippen MR) is 80.0 cm³/mol. The Bertz CT molecular complexity index is 671. The number of rotatable bonds is 4. The monoisotopic (exact) mass is 264 g/mol. The lowest BCUT2D eigenvalue weighted by atomic mass is 10.2. The third kappa shape index (κ3) is 2.69. The van der Waals surface area contributed by atoms with Crippen LogP contribution in [0.4, 0.5) is 5.69 Å². The molecule has 0 fully saturated rings. The smallest absolute Gasteiger partial charge is 0.139 e. The summed E-state index contributed by atoms with van der Waals surface area (Å²) < 4.78 is 2.14. The van der Waals surface area contributed by atoms with Crippen LogP contribution in [0.3, 0.4) is 0 Å². The minimum atomic E-state index is 0.764. The van der Waals surface area contributed by atoms with Gasteiger partial charge in [-0.15, -0.1) is 0 Å². The molecule has 0 amide bonds. The van der Waals surface area contributed by atoms with E-state index in [0.717, 1.165) is 35.7 Å². The molecule has 3 rings (SSSR count). The fraction of sp³-hybridized carbons (Fsp3) is 0.125. The molecule has 0 spiro atoms. The summed E-state index contributed by atoms with van der Waals surface area (Å²) in [4.78, 5) is 8.77. The van der Waals surface area contributed by atoms with Crippen LogP contribution in [0.5, 0.6) is 0 Å². The molecule has 3 aromatic rings. The van der Waals surface area contributed by atoms with Crippen molar-refractivity contribution in [2.24, 2.45) is 0 Å². The normalized spacial score (nSPS) is 10.6. The number of hydrogen-bond acceptors (Lipinski definition) is 3. The van der Waals surface area contributed by atoms with Crippen LogP contribution < -0.4 is 5.73 Å². The average molecular weight is 264 g/mol. The highest BCUT2D eigenvalue weighted by Crippen LogP contribution is 2.19. The van der Waals surface area contributed by atoms with Crippen molar-refractivity contribution in [1.82, 2.24) is 14.5 Å². The van der Waals surface area contributed by atoms with Crippen molar-refractivity contribution in [2.75, 3.05) is 5.73 Å². The molecular weight excluding hydrogens is 248 g/mol. The van der Waals surface area contributed by atoms with Crippen molar-refractivity contribution in [3.8, 4) is 11.4 Å². The first-order chi connectivity index (χ1) is 9.83. The fourth-order valence-electron chi connectivity index (χ4n) is 2.16. The first kappa shape index (κ1) is 12.4. The van der Waals surface area contributed by atoms with Crippen LogP contribution in [0.25, 0.3) is 11.4 Å². The van der Waals surface area contributed by atoms with E-state index in [4.69, 9.17) is 5.73 Å². The number of aryl methyl sites for hydroxylation is 2. The minimum absolute atomic E-state index is 0.764. The quantitative estimate of drug-likeness (QED) is 0.737. The Hall–Kier alpha value is -2.62. The Morgan fingerprint density at radius 3 is 2.55 bits per heavy atom. The van der Waals surface area contributed by atoms with Crippen molar-refractivity contribution in [2.45, 2.75) is 13.0 Å². The SMILES string of the molecule is Nc1ccc(-c2nccn2CCc2ccccn2)cc1. The van der Waals surface area contributed by atoms with Gasteiger partial charge in [0.1, 0.15) is 5.82 Å². The van der Waals surface area contributed by atoms with E-state index in [0.29, 0.717) is 0 Å². The van der Waals surface area contributed by atoms with Crippen LogP contribution in [0.2, 0.25) is 0 Å². The van der Waals surface area contributed by atoms with Crippen LogP contribution >= 0.6 is 0 Å². The molecule has 4 heteroatoms. The van der Waals surface area contributed by atoms with E-state index in [1.165, 1.54) is 0 Å². The summed E-state index contributed by atoms with van der Waals surface area (Å²) in [6, 6.07) is 13.8. The van der Waals surface area contributed by atoms with Crippen molar-refractivity contribution in [3.63, 3.8) is 0 Å². The molecule has 0 aliphatic rings. The van der Waals surface area contributed by atoms with Crippen molar-refractivity contribution >= 4 is 5.69 Å². The Kier molecular flexibility index (Phi) is 3.46. The number of benzene rings is 1. The van der Waals surface area contributed by atoms with Crippen LogP contribution in [-0.4, -0.2) is 14.5 Å². The zero-order valence-electron chi connectivity index (χ0n) is 11.1. The van der Waals surface area contributed by atoms with Crippen LogP contribution in [0, 0.1) is 0 Å². The maximum Gasteiger partial charge on any atom is 0.139 e. The van der Waals surface area contributed by atoms with Gasteiger partial charge in [0, 0.05) is 48.5 Å². The van der Waals surface area contributed by atoms with Crippen molar-refractivity contribution in [3.05, 3.63) is 66.7 Å². The van der Waals surface area contributed by atoms with Gasteiger partial charge >= 0.3 is 0 Å². The zero-order valence-corrected chi connectivity index (χ0v) is 11.1. The highest BCUT2D eigenvalue weighted by atomic mass is 15.1. The summed E-state index contributed by atoms with van der Waals surface area (Å²) in [6.07, 6.45) is 6.53. The highest BCUT2D eigenvalue weighted by molar-refractivity contribution is 5.59. The summed E-state index contributed by atoms with van der Waals surface area (Å²) in [5.74, 6) is 0.959. The molecule has 0 saturated carbocycles. The molecule has 20 heavy (non-hydrogen) atoms. The summed E-state index contributed by atoms with van der Waals surface area (Å²) in [5.41, 5.74) is 8.64. The van der Waals surface area contributed by atoms with Gasteiger partial charge in [-0.2, -0.15) is 0 Å². The number of nitrogen functional groups attached to an aromatic ring is 1. The molecule has 100 valence electrons. The molecule has 1 aromatic carbocycles. The summed E-state index contributed by atoms with van der Waals surface area (Å²) in [6.45, 7) is 0.858. The first-order valence-electron chi connectivity index (χ1n) is 6.60. The average Bonchev–Trinajstić information content (AvgIpc) is 2.95. The molecule has 0 saturated heterocycles. The van der Waals surface area contributed by atoms with E-state index >= 15 is 0 Å². The second-order valence-corrected chi connectivity index (χ2v) is 4.64. The third-order valence-corrected chi connectivity index (χ3v) is 3.22. The van der Waals surface area contributed by atoms with Gasteiger partial charge in [0.25, 0.3) is 0 Å². The van der Waals surface area contributed by atoms with E-state index in [1.54, 1.807) is 0 Å². The number of pyridine rings is 1. The molecule has 2 N–H and O–H groups in total. The number of anilines is 1. The van der Waals surface area contributed by atoms with E-state index in [9.17, 15) is 0 Å². The number of nitrogens with zero attached hydrogens (tertiary/aromatic N) is 3. The number of imidazole rings is 1. The Balaban J connectivity index is 1.78. The molecule has 0 aliphatic carbocycles. The number of aromatic nitrogens is 3. The fourth-order valence-corrected chi connectivity index (χ4v) is 2.16. The lowest BCUT2D eigenvalue weighted by Crippen LogP contribution is -2.03.